The molecule has 0 saturated carbocycles. The van der Waals surface area contributed by atoms with E-state index in [-0.39, 0.29) is 5.48 Å². The number of aliphatic hydroxyl groups excluding tert-OH is 2. The van der Waals surface area contributed by atoms with E-state index in [0.29, 0.717) is 13.2 Å². The van der Waals surface area contributed by atoms with Gasteiger partial charge in [-0.2, -0.15) is 0 Å². The van der Waals surface area contributed by atoms with Gasteiger partial charge in [-0.15, -0.1) is 0 Å². The molecular formula is C12H30O3. The molecule has 0 aromatic heterocycles. The fraction of sp³-hybridized carbons (Fsp3) is 1.00. The van der Waals surface area contributed by atoms with Crippen molar-refractivity contribution in [1.29, 1.82) is 0 Å². The average molecular weight is 222 g/mol. The zero-order chi connectivity index (χ0) is 11.1. The van der Waals surface area contributed by atoms with Gasteiger partial charge in [0.2, 0.25) is 0 Å². The van der Waals surface area contributed by atoms with Crippen molar-refractivity contribution in [2.75, 3.05) is 13.2 Å². The van der Waals surface area contributed by atoms with Crippen molar-refractivity contribution in [2.45, 2.75) is 65.2 Å². The highest BCUT2D eigenvalue weighted by molar-refractivity contribution is 4.41. The molecule has 15 heavy (non-hydrogen) atoms. The molecule has 0 aromatic carbocycles. The molecule has 3 nitrogen and oxygen atoms in total. The van der Waals surface area contributed by atoms with Gasteiger partial charge in [0.1, 0.15) is 0 Å². The summed E-state index contributed by atoms with van der Waals surface area (Å²) in [6, 6.07) is 0. The molecule has 0 spiro atoms. The van der Waals surface area contributed by atoms with Crippen LogP contribution in [0.15, 0.2) is 0 Å². The first-order valence-corrected chi connectivity index (χ1v) is 6.05. The molecule has 0 fully saturated rings. The molecule has 96 valence electrons. The summed E-state index contributed by atoms with van der Waals surface area (Å²) < 4.78 is 0. The minimum Gasteiger partial charge on any atom is -0.412 e. The molecule has 0 aliphatic carbocycles. The van der Waals surface area contributed by atoms with Crippen LogP contribution < -0.4 is 0 Å². The number of unbranched alkanes of at least 4 members (excludes halogenated alkanes) is 6. The number of hydrogen-bond donors (Lipinski definition) is 2. The van der Waals surface area contributed by atoms with Crippen molar-refractivity contribution in [3.8, 4) is 0 Å². The van der Waals surface area contributed by atoms with Crippen molar-refractivity contribution in [3.63, 3.8) is 0 Å². The van der Waals surface area contributed by atoms with Crippen molar-refractivity contribution in [2.24, 2.45) is 0 Å². The molecule has 0 aromatic rings. The summed E-state index contributed by atoms with van der Waals surface area (Å²) in [7, 11) is 0. The van der Waals surface area contributed by atoms with E-state index in [4.69, 9.17) is 10.2 Å². The predicted molar refractivity (Wildman–Crippen MR) is 66.1 cm³/mol. The lowest BCUT2D eigenvalue weighted by Gasteiger charge is -1.95. The molecule has 0 radical (unpaired) electrons. The SMILES string of the molecule is CCCCCCCCO.CCCCO.O. The van der Waals surface area contributed by atoms with Gasteiger partial charge >= 0.3 is 0 Å². The first kappa shape index (κ1) is 20.3. The summed E-state index contributed by atoms with van der Waals surface area (Å²) in [4.78, 5) is 0. The van der Waals surface area contributed by atoms with Crippen LogP contribution in [0, 0.1) is 0 Å². The van der Waals surface area contributed by atoms with E-state index >= 15 is 0 Å². The molecule has 0 atom stereocenters. The highest BCUT2D eigenvalue weighted by atomic mass is 16.3. The Hall–Kier alpha value is -0.120. The van der Waals surface area contributed by atoms with Gasteiger partial charge in [0.05, 0.1) is 0 Å². The molecular weight excluding hydrogens is 192 g/mol. The van der Waals surface area contributed by atoms with Crippen molar-refractivity contribution in [3.05, 3.63) is 0 Å². The van der Waals surface area contributed by atoms with Crippen molar-refractivity contribution >= 4 is 0 Å². The van der Waals surface area contributed by atoms with Gasteiger partial charge in [-0.1, -0.05) is 52.4 Å². The van der Waals surface area contributed by atoms with E-state index in [0.717, 1.165) is 19.3 Å². The normalized spacial score (nSPS) is 8.80. The van der Waals surface area contributed by atoms with Gasteiger partial charge < -0.3 is 15.7 Å². The van der Waals surface area contributed by atoms with E-state index in [1.807, 2.05) is 0 Å². The lowest BCUT2D eigenvalue weighted by Crippen LogP contribution is -1.82. The Morgan fingerprint density at radius 3 is 1.33 bits per heavy atom. The van der Waals surface area contributed by atoms with Crippen LogP contribution in [0.1, 0.15) is 65.2 Å². The summed E-state index contributed by atoms with van der Waals surface area (Å²) in [5.41, 5.74) is 0. The molecule has 0 unspecified atom stereocenters. The minimum absolute atomic E-state index is 0. The van der Waals surface area contributed by atoms with E-state index in [2.05, 4.69) is 13.8 Å². The lowest BCUT2D eigenvalue weighted by atomic mass is 10.1. The fourth-order valence-electron chi connectivity index (χ4n) is 1.05. The van der Waals surface area contributed by atoms with Crippen LogP contribution in [0.25, 0.3) is 0 Å². The van der Waals surface area contributed by atoms with E-state index < -0.39 is 0 Å². The molecule has 4 N–H and O–H groups in total. The highest BCUT2D eigenvalue weighted by Crippen LogP contribution is 2.03. The topological polar surface area (TPSA) is 72.0 Å². The second-order valence-electron chi connectivity index (χ2n) is 3.57. The minimum atomic E-state index is 0. The van der Waals surface area contributed by atoms with Crippen molar-refractivity contribution < 1.29 is 15.7 Å². The van der Waals surface area contributed by atoms with Crippen LogP contribution in [-0.4, -0.2) is 28.9 Å². The summed E-state index contributed by atoms with van der Waals surface area (Å²) >= 11 is 0. The van der Waals surface area contributed by atoms with Gasteiger partial charge in [-0.05, 0) is 12.8 Å². The smallest absolute Gasteiger partial charge is 0.0431 e. The molecule has 0 bridgehead atoms. The maximum Gasteiger partial charge on any atom is 0.0431 e. The zero-order valence-electron chi connectivity index (χ0n) is 10.5. The molecule has 3 heteroatoms. The second kappa shape index (κ2) is 23.6. The van der Waals surface area contributed by atoms with E-state index in [1.165, 1.54) is 32.1 Å². The van der Waals surface area contributed by atoms with Crippen LogP contribution in [-0.2, 0) is 0 Å². The average Bonchev–Trinajstić information content (AvgIpc) is 2.20. The van der Waals surface area contributed by atoms with E-state index in [9.17, 15) is 0 Å². The van der Waals surface area contributed by atoms with Gasteiger partial charge in [0, 0.05) is 13.2 Å². The number of hydrogen-bond acceptors (Lipinski definition) is 2. The molecule has 0 heterocycles. The third kappa shape index (κ3) is 31.5. The Kier molecular flexibility index (Phi) is 31.9. The van der Waals surface area contributed by atoms with Gasteiger partial charge in [-0.25, -0.2) is 0 Å². The Bertz CT molecular complexity index is 69.3. The van der Waals surface area contributed by atoms with Gasteiger partial charge in [0.15, 0.2) is 0 Å². The predicted octanol–water partition coefficient (Wildman–Crippen LogP) is 2.29. The molecule has 0 aliphatic heterocycles. The standard InChI is InChI=1S/C8H18O.C4H10O.H2O/c1-2-3-4-5-6-7-8-9;1-2-3-4-5;/h9H,2-8H2,1H3;5H,2-4H2,1H3;1H2. The van der Waals surface area contributed by atoms with Crippen molar-refractivity contribution in [1.82, 2.24) is 0 Å². The molecule has 0 rings (SSSR count). The second-order valence-corrected chi connectivity index (χ2v) is 3.57. The molecule has 0 saturated heterocycles. The fourth-order valence-corrected chi connectivity index (χ4v) is 1.05. The first-order valence-electron chi connectivity index (χ1n) is 6.05. The van der Waals surface area contributed by atoms with Crippen LogP contribution in [0.5, 0.6) is 0 Å². The number of aliphatic hydroxyl groups is 2. The van der Waals surface area contributed by atoms with Crippen LogP contribution in [0.3, 0.4) is 0 Å². The molecule has 0 amide bonds. The van der Waals surface area contributed by atoms with Gasteiger partial charge in [-0.3, -0.25) is 0 Å². The van der Waals surface area contributed by atoms with Crippen LogP contribution >= 0.6 is 0 Å². The lowest BCUT2D eigenvalue weighted by molar-refractivity contribution is 0.282. The molecule has 0 aliphatic rings. The third-order valence-corrected chi connectivity index (χ3v) is 2.02. The third-order valence-electron chi connectivity index (χ3n) is 2.02. The summed E-state index contributed by atoms with van der Waals surface area (Å²) in [5, 5.41) is 16.5. The summed E-state index contributed by atoms with van der Waals surface area (Å²) in [5.74, 6) is 0. The van der Waals surface area contributed by atoms with Crippen LogP contribution in [0.4, 0.5) is 0 Å². The first-order chi connectivity index (χ1) is 6.83. The largest absolute Gasteiger partial charge is 0.412 e. The van der Waals surface area contributed by atoms with Gasteiger partial charge in [0.25, 0.3) is 0 Å². The number of rotatable bonds is 8. The monoisotopic (exact) mass is 222 g/mol. The Morgan fingerprint density at radius 2 is 1.00 bits per heavy atom. The Morgan fingerprint density at radius 1 is 0.600 bits per heavy atom. The Balaban J connectivity index is -0.000000208. The van der Waals surface area contributed by atoms with Crippen LogP contribution in [0.2, 0.25) is 0 Å². The van der Waals surface area contributed by atoms with E-state index in [1.54, 1.807) is 0 Å². The zero-order valence-corrected chi connectivity index (χ0v) is 10.5. The summed E-state index contributed by atoms with van der Waals surface area (Å²) in [6.45, 7) is 4.98. The highest BCUT2D eigenvalue weighted by Gasteiger charge is 1.86. The summed E-state index contributed by atoms with van der Waals surface area (Å²) in [6.07, 6.45) is 9.53. The quantitative estimate of drug-likeness (QED) is 0.618. The maximum atomic E-state index is 8.42. The maximum absolute atomic E-state index is 8.42. The Labute approximate surface area is 94.8 Å².